The lowest BCUT2D eigenvalue weighted by Gasteiger charge is -2.43. The van der Waals surface area contributed by atoms with Gasteiger partial charge in [0.25, 0.3) is 0 Å². The maximum absolute atomic E-state index is 12.7. The first-order valence-corrected chi connectivity index (χ1v) is 9.24. The van der Waals surface area contributed by atoms with Crippen LogP contribution in [0.1, 0.15) is 17.4 Å². The number of carbonyl (C=O) groups is 1. The van der Waals surface area contributed by atoms with Crippen molar-refractivity contribution in [2.24, 2.45) is 0 Å². The van der Waals surface area contributed by atoms with Crippen molar-refractivity contribution in [1.29, 1.82) is 0 Å². The van der Waals surface area contributed by atoms with Gasteiger partial charge in [0.05, 0.1) is 19.2 Å². The minimum atomic E-state index is -0.433. The van der Waals surface area contributed by atoms with Gasteiger partial charge in [0.1, 0.15) is 24.9 Å². The summed E-state index contributed by atoms with van der Waals surface area (Å²) >= 11 is 0. The lowest BCUT2D eigenvalue weighted by Crippen LogP contribution is -2.60. The first-order chi connectivity index (χ1) is 13.3. The number of hydrogen-bond acceptors (Lipinski definition) is 5. The van der Waals surface area contributed by atoms with E-state index in [0.29, 0.717) is 13.2 Å². The lowest BCUT2D eigenvalue weighted by atomic mass is 9.98. The molecule has 0 aromatic heterocycles. The summed E-state index contributed by atoms with van der Waals surface area (Å²) in [5, 5.41) is 0. The second-order valence-corrected chi connectivity index (χ2v) is 7.08. The normalized spacial score (nSPS) is 31.6. The van der Waals surface area contributed by atoms with Crippen molar-refractivity contribution in [2.45, 2.75) is 37.3 Å². The zero-order valence-electron chi connectivity index (χ0n) is 14.8. The highest BCUT2D eigenvalue weighted by atomic mass is 16.7. The fourth-order valence-corrected chi connectivity index (χ4v) is 3.84. The highest BCUT2D eigenvalue weighted by Crippen LogP contribution is 2.42. The van der Waals surface area contributed by atoms with Gasteiger partial charge in [-0.25, -0.2) is 4.79 Å². The highest BCUT2D eigenvalue weighted by molar-refractivity contribution is 5.68. The van der Waals surface area contributed by atoms with E-state index in [9.17, 15) is 4.79 Å². The molecular weight excluding hydrogens is 346 g/mol. The molecule has 0 radical (unpaired) electrons. The molecule has 3 fully saturated rings. The van der Waals surface area contributed by atoms with Crippen LogP contribution in [-0.2, 0) is 25.6 Å². The van der Waals surface area contributed by atoms with Gasteiger partial charge in [0.15, 0.2) is 6.29 Å². The standard InChI is InChI=1S/C21H21NO5/c23-21(25-12-14-7-3-1-4-8-14)22-11-17-19(26-17)18-16(22)13-24-20(27-18)15-9-5-2-6-10-15/h1-10,16-20H,11-13H2/t16-,17-,18-,19-,20-/m1/s1. The number of hydrogen-bond donors (Lipinski definition) is 0. The molecule has 0 N–H and O–H groups in total. The van der Waals surface area contributed by atoms with Crippen LogP contribution >= 0.6 is 0 Å². The molecule has 3 saturated heterocycles. The third-order valence-corrected chi connectivity index (χ3v) is 5.31. The molecule has 27 heavy (non-hydrogen) atoms. The minimum absolute atomic E-state index is 0.0186. The molecule has 1 amide bonds. The number of amides is 1. The summed E-state index contributed by atoms with van der Waals surface area (Å²) in [5.74, 6) is 0. The second kappa shape index (κ2) is 6.96. The Bertz CT molecular complexity index is 799. The minimum Gasteiger partial charge on any atom is -0.445 e. The van der Waals surface area contributed by atoms with Crippen LogP contribution < -0.4 is 0 Å². The van der Waals surface area contributed by atoms with Crippen molar-refractivity contribution in [3.05, 3.63) is 71.8 Å². The van der Waals surface area contributed by atoms with Gasteiger partial charge in [-0.15, -0.1) is 0 Å². The molecule has 0 bridgehead atoms. The van der Waals surface area contributed by atoms with Gasteiger partial charge in [-0.1, -0.05) is 60.7 Å². The van der Waals surface area contributed by atoms with Crippen LogP contribution in [0, 0.1) is 0 Å². The van der Waals surface area contributed by atoms with Crippen molar-refractivity contribution in [3.8, 4) is 0 Å². The van der Waals surface area contributed by atoms with E-state index in [1.54, 1.807) is 4.90 Å². The Labute approximate surface area is 157 Å². The first-order valence-electron chi connectivity index (χ1n) is 9.24. The Morgan fingerprint density at radius 3 is 2.52 bits per heavy atom. The summed E-state index contributed by atoms with van der Waals surface area (Å²) < 4.78 is 23.4. The molecular formula is C21H21NO5. The topological polar surface area (TPSA) is 60.5 Å². The van der Waals surface area contributed by atoms with Gasteiger partial charge in [-0.05, 0) is 5.56 Å². The summed E-state index contributed by atoms with van der Waals surface area (Å²) in [6.45, 7) is 1.16. The Kier molecular flexibility index (Phi) is 4.32. The summed E-state index contributed by atoms with van der Waals surface area (Å²) in [7, 11) is 0. The molecule has 0 spiro atoms. The average molecular weight is 367 g/mol. The molecule has 3 heterocycles. The van der Waals surface area contributed by atoms with Gasteiger partial charge in [0, 0.05) is 5.56 Å². The summed E-state index contributed by atoms with van der Waals surface area (Å²) in [6.07, 6.45) is -0.939. The van der Waals surface area contributed by atoms with Gasteiger partial charge in [0.2, 0.25) is 0 Å². The van der Waals surface area contributed by atoms with Crippen molar-refractivity contribution in [1.82, 2.24) is 4.90 Å². The van der Waals surface area contributed by atoms with Crippen LogP contribution in [0.4, 0.5) is 4.79 Å². The number of fused-ring (bicyclic) bond motifs is 3. The molecule has 5 atom stereocenters. The summed E-state index contributed by atoms with van der Waals surface area (Å²) in [6, 6.07) is 19.3. The van der Waals surface area contributed by atoms with E-state index in [-0.39, 0.29) is 37.1 Å². The molecule has 140 valence electrons. The number of epoxide rings is 1. The van der Waals surface area contributed by atoms with E-state index < -0.39 is 6.29 Å². The molecule has 2 aromatic carbocycles. The molecule has 3 aliphatic rings. The molecule has 5 rings (SSSR count). The quantitative estimate of drug-likeness (QED) is 0.781. The molecule has 0 saturated carbocycles. The van der Waals surface area contributed by atoms with Crippen LogP contribution in [-0.4, -0.2) is 48.5 Å². The number of carbonyl (C=O) groups excluding carboxylic acids is 1. The van der Waals surface area contributed by atoms with Gasteiger partial charge in [-0.3, -0.25) is 4.90 Å². The van der Waals surface area contributed by atoms with Crippen LogP contribution in [0.3, 0.4) is 0 Å². The molecule has 3 aliphatic heterocycles. The van der Waals surface area contributed by atoms with Crippen molar-refractivity contribution in [3.63, 3.8) is 0 Å². The van der Waals surface area contributed by atoms with Crippen LogP contribution in [0.2, 0.25) is 0 Å². The van der Waals surface area contributed by atoms with E-state index in [1.165, 1.54) is 0 Å². The predicted octanol–water partition coefficient (Wildman–Crippen LogP) is 2.89. The number of rotatable bonds is 3. The van der Waals surface area contributed by atoms with Crippen molar-refractivity contribution >= 4 is 6.09 Å². The zero-order chi connectivity index (χ0) is 18.2. The zero-order valence-corrected chi connectivity index (χ0v) is 14.8. The third-order valence-electron chi connectivity index (χ3n) is 5.31. The van der Waals surface area contributed by atoms with E-state index >= 15 is 0 Å². The maximum Gasteiger partial charge on any atom is 0.410 e. The summed E-state index contributed by atoms with van der Waals surface area (Å²) in [5.41, 5.74) is 1.93. The Morgan fingerprint density at radius 1 is 1.00 bits per heavy atom. The lowest BCUT2D eigenvalue weighted by molar-refractivity contribution is -0.248. The molecule has 6 heteroatoms. The largest absolute Gasteiger partial charge is 0.445 e. The Hall–Kier alpha value is -2.41. The number of benzene rings is 2. The average Bonchev–Trinajstić information content (AvgIpc) is 3.52. The van der Waals surface area contributed by atoms with Gasteiger partial charge in [-0.2, -0.15) is 0 Å². The van der Waals surface area contributed by atoms with E-state index in [0.717, 1.165) is 11.1 Å². The van der Waals surface area contributed by atoms with Crippen LogP contribution in [0.15, 0.2) is 60.7 Å². The molecule has 6 nitrogen and oxygen atoms in total. The SMILES string of the molecule is O=C(OCc1ccccc1)N1C[C@H]2O[C@H]2[C@@H]2O[C@H](c3ccccc3)OC[C@H]21. The van der Waals surface area contributed by atoms with Crippen molar-refractivity contribution in [2.75, 3.05) is 13.2 Å². The number of piperidine rings is 1. The second-order valence-electron chi connectivity index (χ2n) is 7.08. The third kappa shape index (κ3) is 3.32. The van der Waals surface area contributed by atoms with Crippen LogP contribution in [0.25, 0.3) is 0 Å². The Balaban J connectivity index is 1.26. The van der Waals surface area contributed by atoms with Crippen molar-refractivity contribution < 1.29 is 23.7 Å². The Morgan fingerprint density at radius 2 is 1.74 bits per heavy atom. The van der Waals surface area contributed by atoms with E-state index in [4.69, 9.17) is 18.9 Å². The van der Waals surface area contributed by atoms with Gasteiger partial charge >= 0.3 is 6.09 Å². The summed E-state index contributed by atoms with van der Waals surface area (Å²) in [4.78, 5) is 14.4. The maximum atomic E-state index is 12.7. The van der Waals surface area contributed by atoms with Gasteiger partial charge < -0.3 is 18.9 Å². The highest BCUT2D eigenvalue weighted by Gasteiger charge is 2.59. The fraction of sp³-hybridized carbons (Fsp3) is 0.381. The van der Waals surface area contributed by atoms with E-state index in [1.807, 2.05) is 60.7 Å². The number of likely N-dealkylation sites (tertiary alicyclic amines) is 1. The molecule has 0 unspecified atom stereocenters. The molecule has 2 aromatic rings. The first kappa shape index (κ1) is 16.7. The molecule has 0 aliphatic carbocycles. The van der Waals surface area contributed by atoms with E-state index in [2.05, 4.69) is 0 Å². The smallest absolute Gasteiger partial charge is 0.410 e. The van der Waals surface area contributed by atoms with Crippen LogP contribution in [0.5, 0.6) is 0 Å². The number of nitrogens with zero attached hydrogens (tertiary/aromatic N) is 1. The number of ether oxygens (including phenoxy) is 4. The predicted molar refractivity (Wildman–Crippen MR) is 95.8 cm³/mol. The monoisotopic (exact) mass is 367 g/mol. The fourth-order valence-electron chi connectivity index (χ4n) is 3.84.